The molecule has 1 aliphatic rings. The van der Waals surface area contributed by atoms with Crippen molar-refractivity contribution in [2.24, 2.45) is 11.1 Å². The van der Waals surface area contributed by atoms with E-state index in [0.717, 1.165) is 30.9 Å². The highest BCUT2D eigenvalue weighted by atomic mass is 16.2. The van der Waals surface area contributed by atoms with E-state index in [0.29, 0.717) is 0 Å². The Kier molecular flexibility index (Phi) is 3.91. The zero-order chi connectivity index (χ0) is 15.1. The van der Waals surface area contributed by atoms with E-state index in [4.69, 9.17) is 5.73 Å². The van der Waals surface area contributed by atoms with Gasteiger partial charge >= 0.3 is 0 Å². The van der Waals surface area contributed by atoms with Crippen LogP contribution < -0.4 is 5.73 Å². The molecule has 1 fully saturated rings. The largest absolute Gasteiger partial charge is 0.340 e. The topological polar surface area (TPSA) is 64.2 Å². The van der Waals surface area contributed by atoms with Gasteiger partial charge in [0.2, 0.25) is 5.91 Å². The van der Waals surface area contributed by atoms with E-state index < -0.39 is 0 Å². The number of nitrogens with zero attached hydrogens (tertiary/aromatic N) is 3. The average Bonchev–Trinajstić information content (AvgIpc) is 2.70. The summed E-state index contributed by atoms with van der Waals surface area (Å²) in [5.41, 5.74) is 8.08. The van der Waals surface area contributed by atoms with Crippen LogP contribution in [0.1, 0.15) is 44.6 Å². The SMILES string of the molecule is Cc1cc(C)n(C(C)C(=O)N2CCC(N)C(C)(C)C2)n1. The lowest BCUT2D eigenvalue weighted by molar-refractivity contribution is -0.138. The van der Waals surface area contributed by atoms with Gasteiger partial charge in [0.1, 0.15) is 6.04 Å². The molecule has 1 aromatic heterocycles. The Bertz CT molecular complexity index is 506. The Balaban J connectivity index is 2.13. The maximum atomic E-state index is 12.7. The molecule has 0 aliphatic carbocycles. The maximum absolute atomic E-state index is 12.7. The molecular weight excluding hydrogens is 252 g/mol. The van der Waals surface area contributed by atoms with Crippen LogP contribution in [0.3, 0.4) is 0 Å². The fraction of sp³-hybridized carbons (Fsp3) is 0.733. The zero-order valence-electron chi connectivity index (χ0n) is 13.2. The molecule has 112 valence electrons. The molecule has 2 N–H and O–H groups in total. The number of hydrogen-bond acceptors (Lipinski definition) is 3. The van der Waals surface area contributed by atoms with Gasteiger partial charge < -0.3 is 10.6 Å². The molecule has 1 aliphatic heterocycles. The third-order valence-electron chi connectivity index (χ3n) is 4.39. The summed E-state index contributed by atoms with van der Waals surface area (Å²) in [6.45, 7) is 11.6. The first-order chi connectivity index (χ1) is 9.22. The van der Waals surface area contributed by atoms with Gasteiger partial charge in [-0.05, 0) is 38.7 Å². The normalized spacial score (nSPS) is 23.7. The van der Waals surface area contributed by atoms with E-state index in [1.165, 1.54) is 0 Å². The summed E-state index contributed by atoms with van der Waals surface area (Å²) in [4.78, 5) is 14.6. The van der Waals surface area contributed by atoms with Crippen LogP contribution in [0.4, 0.5) is 0 Å². The van der Waals surface area contributed by atoms with Crippen LogP contribution in [0.15, 0.2) is 6.07 Å². The quantitative estimate of drug-likeness (QED) is 0.894. The van der Waals surface area contributed by atoms with Gasteiger partial charge in [0.25, 0.3) is 0 Å². The summed E-state index contributed by atoms with van der Waals surface area (Å²) in [5.74, 6) is 0.135. The smallest absolute Gasteiger partial charge is 0.247 e. The van der Waals surface area contributed by atoms with Crippen LogP contribution >= 0.6 is 0 Å². The first-order valence-corrected chi connectivity index (χ1v) is 7.29. The molecule has 2 atom stereocenters. The average molecular weight is 278 g/mol. The van der Waals surface area contributed by atoms with Crippen molar-refractivity contribution in [3.63, 3.8) is 0 Å². The minimum absolute atomic E-state index is 0.0251. The number of nitrogens with two attached hydrogens (primary N) is 1. The third kappa shape index (κ3) is 2.73. The van der Waals surface area contributed by atoms with E-state index >= 15 is 0 Å². The molecular formula is C15H26N4O. The zero-order valence-corrected chi connectivity index (χ0v) is 13.2. The Hall–Kier alpha value is -1.36. The summed E-state index contributed by atoms with van der Waals surface area (Å²) in [6, 6.07) is 1.91. The van der Waals surface area contributed by atoms with Crippen LogP contribution in [-0.2, 0) is 4.79 Å². The second kappa shape index (κ2) is 5.20. The molecule has 5 nitrogen and oxygen atoms in total. The minimum Gasteiger partial charge on any atom is -0.340 e. The molecule has 20 heavy (non-hydrogen) atoms. The monoisotopic (exact) mass is 278 g/mol. The molecule has 0 aromatic carbocycles. The Morgan fingerprint density at radius 1 is 1.50 bits per heavy atom. The predicted molar refractivity (Wildman–Crippen MR) is 79.4 cm³/mol. The highest BCUT2D eigenvalue weighted by Gasteiger charge is 2.37. The fourth-order valence-corrected chi connectivity index (χ4v) is 2.97. The number of hydrogen-bond donors (Lipinski definition) is 1. The molecule has 2 unspecified atom stereocenters. The third-order valence-corrected chi connectivity index (χ3v) is 4.39. The molecule has 0 spiro atoms. The standard InChI is InChI=1S/C15H26N4O/c1-10-8-11(2)19(17-10)12(3)14(20)18-7-6-13(16)15(4,5)9-18/h8,12-13H,6-7,9,16H2,1-5H3. The van der Waals surface area contributed by atoms with Gasteiger partial charge in [-0.25, -0.2) is 0 Å². The van der Waals surface area contributed by atoms with Crippen molar-refractivity contribution in [1.29, 1.82) is 0 Å². The molecule has 2 rings (SSSR count). The van der Waals surface area contributed by atoms with Gasteiger partial charge in [-0.1, -0.05) is 13.8 Å². The predicted octanol–water partition coefficient (Wildman–Crippen LogP) is 1.65. The van der Waals surface area contributed by atoms with E-state index in [-0.39, 0.29) is 23.4 Å². The van der Waals surface area contributed by atoms with Crippen LogP contribution in [0.25, 0.3) is 0 Å². The molecule has 2 heterocycles. The lowest BCUT2D eigenvalue weighted by Crippen LogP contribution is -2.55. The van der Waals surface area contributed by atoms with Crippen molar-refractivity contribution in [3.05, 3.63) is 17.5 Å². The molecule has 0 radical (unpaired) electrons. The molecule has 1 aromatic rings. The second-order valence-corrected chi connectivity index (χ2v) is 6.69. The number of likely N-dealkylation sites (tertiary alicyclic amines) is 1. The first kappa shape index (κ1) is 15.0. The summed E-state index contributed by atoms with van der Waals surface area (Å²) in [6.07, 6.45) is 0.864. The highest BCUT2D eigenvalue weighted by Crippen LogP contribution is 2.29. The molecule has 0 saturated carbocycles. The van der Waals surface area contributed by atoms with Gasteiger partial charge in [-0.2, -0.15) is 5.10 Å². The number of rotatable bonds is 2. The summed E-state index contributed by atoms with van der Waals surface area (Å²) >= 11 is 0. The highest BCUT2D eigenvalue weighted by molar-refractivity contribution is 5.80. The van der Waals surface area contributed by atoms with Crippen molar-refractivity contribution < 1.29 is 4.79 Å². The summed E-state index contributed by atoms with van der Waals surface area (Å²) in [5, 5.41) is 4.42. The maximum Gasteiger partial charge on any atom is 0.247 e. The van der Waals surface area contributed by atoms with Gasteiger partial charge in [0.05, 0.1) is 5.69 Å². The van der Waals surface area contributed by atoms with Gasteiger partial charge in [-0.3, -0.25) is 9.48 Å². The van der Waals surface area contributed by atoms with Gasteiger partial charge in [0.15, 0.2) is 0 Å². The second-order valence-electron chi connectivity index (χ2n) is 6.69. The number of aryl methyl sites for hydroxylation is 2. The Labute approximate surface area is 121 Å². The van der Waals surface area contributed by atoms with E-state index in [9.17, 15) is 4.79 Å². The fourth-order valence-electron chi connectivity index (χ4n) is 2.97. The summed E-state index contributed by atoms with van der Waals surface area (Å²) < 4.78 is 1.82. The van der Waals surface area contributed by atoms with Crippen LogP contribution in [-0.4, -0.2) is 39.7 Å². The first-order valence-electron chi connectivity index (χ1n) is 7.29. The Morgan fingerprint density at radius 2 is 2.15 bits per heavy atom. The number of aromatic nitrogens is 2. The van der Waals surface area contributed by atoms with Crippen molar-refractivity contribution in [1.82, 2.24) is 14.7 Å². The molecule has 5 heteroatoms. The van der Waals surface area contributed by atoms with Crippen LogP contribution in [0, 0.1) is 19.3 Å². The molecule has 0 bridgehead atoms. The minimum atomic E-state index is -0.256. The lowest BCUT2D eigenvalue weighted by atomic mass is 9.79. The van der Waals surface area contributed by atoms with Crippen molar-refractivity contribution in [2.75, 3.05) is 13.1 Å². The van der Waals surface area contributed by atoms with Crippen molar-refractivity contribution in [3.8, 4) is 0 Å². The number of carbonyl (C=O) groups excluding carboxylic acids is 1. The van der Waals surface area contributed by atoms with Crippen molar-refractivity contribution >= 4 is 5.91 Å². The number of piperidine rings is 1. The lowest BCUT2D eigenvalue weighted by Gasteiger charge is -2.43. The van der Waals surface area contributed by atoms with E-state index in [2.05, 4.69) is 18.9 Å². The van der Waals surface area contributed by atoms with Gasteiger partial charge in [-0.15, -0.1) is 0 Å². The van der Waals surface area contributed by atoms with E-state index in [1.54, 1.807) is 0 Å². The summed E-state index contributed by atoms with van der Waals surface area (Å²) in [7, 11) is 0. The molecule has 1 saturated heterocycles. The number of amides is 1. The van der Waals surface area contributed by atoms with E-state index in [1.807, 2.05) is 36.4 Å². The number of carbonyl (C=O) groups is 1. The van der Waals surface area contributed by atoms with Crippen LogP contribution in [0.5, 0.6) is 0 Å². The van der Waals surface area contributed by atoms with Gasteiger partial charge in [0, 0.05) is 24.8 Å². The molecule has 1 amide bonds. The Morgan fingerprint density at radius 3 is 2.65 bits per heavy atom. The van der Waals surface area contributed by atoms with Crippen LogP contribution in [0.2, 0.25) is 0 Å². The van der Waals surface area contributed by atoms with Crippen molar-refractivity contribution in [2.45, 2.75) is 53.1 Å².